The van der Waals surface area contributed by atoms with Gasteiger partial charge in [-0.2, -0.15) is 24.3 Å². The first-order chi connectivity index (χ1) is 11.9. The zero-order valence-corrected chi connectivity index (χ0v) is 16.4. The quantitative estimate of drug-likeness (QED) is 0.259. The van der Waals surface area contributed by atoms with E-state index in [1.807, 2.05) is 30.6 Å². The zero-order valence-electron chi connectivity index (χ0n) is 13.5. The van der Waals surface area contributed by atoms with Crippen LogP contribution in [0.5, 0.6) is 0 Å². The molecule has 5 rings (SSSR count). The van der Waals surface area contributed by atoms with Crippen LogP contribution < -0.4 is 0 Å². The summed E-state index contributed by atoms with van der Waals surface area (Å²) in [5.74, 6) is 0. The fourth-order valence-corrected chi connectivity index (χ4v) is 3.29. The van der Waals surface area contributed by atoms with Gasteiger partial charge in [-0.05, 0) is 17.0 Å². The van der Waals surface area contributed by atoms with Crippen molar-refractivity contribution in [1.82, 2.24) is 4.98 Å². The molecule has 0 saturated carbocycles. The summed E-state index contributed by atoms with van der Waals surface area (Å²) in [6.45, 7) is 0. The van der Waals surface area contributed by atoms with Gasteiger partial charge < -0.3 is 0 Å². The Balaban J connectivity index is 0.00000157. The molecule has 0 atom stereocenters. The number of nitrogens with zero attached hydrogens (tertiary/aromatic N) is 1. The summed E-state index contributed by atoms with van der Waals surface area (Å²) in [4.78, 5) is 4.17. The maximum absolute atomic E-state index is 4.17. The zero-order chi connectivity index (χ0) is 15.9. The third kappa shape index (κ3) is 2.88. The van der Waals surface area contributed by atoms with Gasteiger partial charge in [-0.25, -0.2) is 11.1 Å². The molecule has 0 unspecified atom stereocenters. The summed E-state index contributed by atoms with van der Waals surface area (Å²) in [5, 5.41) is 7.22. The van der Waals surface area contributed by atoms with Crippen molar-refractivity contribution in [2.75, 3.05) is 0 Å². The van der Waals surface area contributed by atoms with Gasteiger partial charge in [0.25, 0.3) is 0 Å². The Kier molecular flexibility index (Phi) is 4.37. The molecular weight excluding hydrogens is 379 g/mol. The van der Waals surface area contributed by atoms with Crippen LogP contribution in [0.25, 0.3) is 43.4 Å². The maximum atomic E-state index is 4.17. The molecule has 0 aliphatic rings. The van der Waals surface area contributed by atoms with Crippen molar-refractivity contribution in [1.29, 1.82) is 0 Å². The van der Waals surface area contributed by atoms with Gasteiger partial charge in [-0.3, -0.25) is 4.98 Å². The fraction of sp³-hybridized carbons (Fsp3) is 0. The molecule has 0 saturated heterocycles. The Labute approximate surface area is 171 Å². The van der Waals surface area contributed by atoms with Crippen molar-refractivity contribution in [3.05, 3.63) is 91.3 Å². The van der Waals surface area contributed by atoms with Crippen molar-refractivity contribution >= 4 is 32.3 Å². The minimum Gasteiger partial charge on any atom is -0.274 e. The normalized spacial score (nSPS) is 10.9. The third-order valence-corrected chi connectivity index (χ3v) is 4.52. The van der Waals surface area contributed by atoms with Crippen LogP contribution in [0.3, 0.4) is 0 Å². The van der Waals surface area contributed by atoms with E-state index in [0.717, 1.165) is 16.5 Å². The summed E-state index contributed by atoms with van der Waals surface area (Å²) in [6.07, 6.45) is 3.70. The predicted octanol–water partition coefficient (Wildman–Crippen LogP) is 5.81. The van der Waals surface area contributed by atoms with Crippen LogP contribution in [-0.4, -0.2) is 4.98 Å². The molecule has 1 radical (unpaired) electrons. The van der Waals surface area contributed by atoms with Crippen molar-refractivity contribution in [2.45, 2.75) is 0 Å². The average molecular weight is 392 g/mol. The SMILES string of the molecule is [Y].[c-]1cc2cnccc2cc1-c1[c-]ccc2cc3ccccc3cc12. The molecule has 0 fully saturated rings. The van der Waals surface area contributed by atoms with E-state index in [1.54, 1.807) is 0 Å². The van der Waals surface area contributed by atoms with Crippen LogP contribution in [0.1, 0.15) is 0 Å². The van der Waals surface area contributed by atoms with Gasteiger partial charge in [0.05, 0.1) is 0 Å². The van der Waals surface area contributed by atoms with Crippen LogP contribution >= 0.6 is 0 Å². The summed E-state index contributed by atoms with van der Waals surface area (Å²) in [6, 6.07) is 30.1. The van der Waals surface area contributed by atoms with Gasteiger partial charge in [0.15, 0.2) is 0 Å². The van der Waals surface area contributed by atoms with Crippen molar-refractivity contribution in [3.63, 3.8) is 0 Å². The van der Waals surface area contributed by atoms with Crippen molar-refractivity contribution in [2.24, 2.45) is 0 Å². The Morgan fingerprint density at radius 2 is 1.52 bits per heavy atom. The molecule has 1 nitrogen and oxygen atoms in total. The summed E-state index contributed by atoms with van der Waals surface area (Å²) in [7, 11) is 0. The Morgan fingerprint density at radius 1 is 0.720 bits per heavy atom. The van der Waals surface area contributed by atoms with Gasteiger partial charge in [-0.15, -0.1) is 28.3 Å². The molecule has 0 aliphatic heterocycles. The first kappa shape index (κ1) is 16.4. The molecule has 2 heteroatoms. The van der Waals surface area contributed by atoms with Gasteiger partial charge in [0, 0.05) is 38.9 Å². The standard InChI is InChI=1S/C23H13N.Y/c1-2-5-17-14-23-19(12-16(17)4-1)6-3-7-22(23)20-8-9-21-15-24-11-10-18(21)13-20;/h1-6,9-15H;/q-2;. The minimum atomic E-state index is 0. The molecule has 1 heterocycles. The number of pyridine rings is 1. The molecule has 1 aromatic heterocycles. The largest absolute Gasteiger partial charge is 0.274 e. The van der Waals surface area contributed by atoms with E-state index in [2.05, 4.69) is 65.6 Å². The van der Waals surface area contributed by atoms with E-state index in [1.165, 1.54) is 26.9 Å². The van der Waals surface area contributed by atoms with E-state index < -0.39 is 0 Å². The predicted molar refractivity (Wildman–Crippen MR) is 99.9 cm³/mol. The monoisotopic (exact) mass is 392 g/mol. The van der Waals surface area contributed by atoms with E-state index in [-0.39, 0.29) is 32.7 Å². The number of aromatic nitrogens is 1. The molecular formula is C23H13NY-2. The van der Waals surface area contributed by atoms with E-state index in [9.17, 15) is 0 Å². The van der Waals surface area contributed by atoms with Crippen molar-refractivity contribution in [3.8, 4) is 11.1 Å². The molecule has 0 N–H and O–H groups in total. The third-order valence-electron chi connectivity index (χ3n) is 4.52. The second-order valence-corrected chi connectivity index (χ2v) is 5.99. The molecule has 4 aromatic carbocycles. The van der Waals surface area contributed by atoms with Crippen LogP contribution in [0.2, 0.25) is 0 Å². The fourth-order valence-electron chi connectivity index (χ4n) is 3.29. The van der Waals surface area contributed by atoms with Gasteiger partial charge in [0.1, 0.15) is 0 Å². The molecule has 0 spiro atoms. The van der Waals surface area contributed by atoms with E-state index in [4.69, 9.17) is 0 Å². The van der Waals surface area contributed by atoms with Gasteiger partial charge >= 0.3 is 0 Å². The van der Waals surface area contributed by atoms with Crippen LogP contribution in [0, 0.1) is 12.1 Å². The Bertz CT molecular complexity index is 1210. The number of rotatable bonds is 1. The molecule has 5 aromatic rings. The summed E-state index contributed by atoms with van der Waals surface area (Å²) < 4.78 is 0. The van der Waals surface area contributed by atoms with Gasteiger partial charge in [0.2, 0.25) is 0 Å². The van der Waals surface area contributed by atoms with Gasteiger partial charge in [-0.1, -0.05) is 47.9 Å². The Morgan fingerprint density at radius 3 is 2.40 bits per heavy atom. The molecule has 25 heavy (non-hydrogen) atoms. The number of hydrogen-bond donors (Lipinski definition) is 0. The average Bonchev–Trinajstić information content (AvgIpc) is 2.65. The Hall–Kier alpha value is -2.09. The topological polar surface area (TPSA) is 12.9 Å². The summed E-state index contributed by atoms with van der Waals surface area (Å²) >= 11 is 0. The summed E-state index contributed by atoms with van der Waals surface area (Å²) in [5.41, 5.74) is 2.16. The van der Waals surface area contributed by atoms with E-state index >= 15 is 0 Å². The van der Waals surface area contributed by atoms with Crippen LogP contribution in [0.4, 0.5) is 0 Å². The molecule has 0 bridgehead atoms. The first-order valence-corrected chi connectivity index (χ1v) is 7.97. The first-order valence-electron chi connectivity index (χ1n) is 7.97. The minimum absolute atomic E-state index is 0. The molecule has 115 valence electrons. The van der Waals surface area contributed by atoms with E-state index in [0.29, 0.717) is 0 Å². The van der Waals surface area contributed by atoms with Crippen LogP contribution in [-0.2, 0) is 32.7 Å². The maximum Gasteiger partial charge on any atom is 0.0248 e. The second kappa shape index (κ2) is 6.67. The number of benzene rings is 4. The van der Waals surface area contributed by atoms with Crippen LogP contribution in [0.15, 0.2) is 79.1 Å². The van der Waals surface area contributed by atoms with Crippen molar-refractivity contribution < 1.29 is 32.7 Å². The smallest absolute Gasteiger partial charge is 0.0248 e. The molecule has 0 amide bonds. The molecule has 0 aliphatic carbocycles. The number of hydrogen-bond acceptors (Lipinski definition) is 1. The number of fused-ring (bicyclic) bond motifs is 3. The second-order valence-electron chi connectivity index (χ2n) is 5.99.